The fourth-order valence-corrected chi connectivity index (χ4v) is 14.8. The van der Waals surface area contributed by atoms with Crippen LogP contribution < -0.4 is 9.80 Å². The van der Waals surface area contributed by atoms with E-state index in [0.717, 1.165) is 25.7 Å². The molecule has 74 heavy (non-hydrogen) atoms. The Balaban J connectivity index is 1.01. The molecule has 12 aromatic rings. The minimum Gasteiger partial charge on any atom is -0.371 e. The zero-order valence-corrected chi connectivity index (χ0v) is 41.9. The first-order valence-electron chi connectivity index (χ1n) is 27.5. The maximum Gasteiger partial charge on any atom is 0.0431 e. The number of anilines is 2. The molecule has 4 heterocycles. The Bertz CT molecular complexity index is 3900. The van der Waals surface area contributed by atoms with Crippen LogP contribution in [-0.2, 0) is 25.7 Å². The highest BCUT2D eigenvalue weighted by molar-refractivity contribution is 6.25. The lowest BCUT2D eigenvalue weighted by atomic mass is 9.80. The molecule has 4 aliphatic rings. The summed E-state index contributed by atoms with van der Waals surface area (Å²) in [7, 11) is 0. The van der Waals surface area contributed by atoms with Gasteiger partial charge in [-0.25, -0.2) is 0 Å². The van der Waals surface area contributed by atoms with Crippen LogP contribution in [0.25, 0.3) is 120 Å². The van der Waals surface area contributed by atoms with Crippen molar-refractivity contribution in [3.8, 4) is 55.6 Å². The summed E-state index contributed by atoms with van der Waals surface area (Å²) < 4.78 is 0. The third-order valence-electron chi connectivity index (χ3n) is 17.7. The van der Waals surface area contributed by atoms with E-state index in [1.807, 2.05) is 0 Å². The highest BCUT2D eigenvalue weighted by Crippen LogP contribution is 2.51. The van der Waals surface area contributed by atoms with Crippen LogP contribution in [0.1, 0.15) is 47.9 Å². The molecule has 0 amide bonds. The van der Waals surface area contributed by atoms with Gasteiger partial charge in [0.05, 0.1) is 0 Å². The van der Waals surface area contributed by atoms with Crippen LogP contribution in [0.4, 0.5) is 11.4 Å². The van der Waals surface area contributed by atoms with Crippen molar-refractivity contribution in [2.24, 2.45) is 0 Å². The summed E-state index contributed by atoms with van der Waals surface area (Å²) in [6.07, 6.45) is 9.49. The summed E-state index contributed by atoms with van der Waals surface area (Å²) in [6, 6.07) is 75.5. The van der Waals surface area contributed by atoms with E-state index in [4.69, 9.17) is 0 Å². The van der Waals surface area contributed by atoms with E-state index in [1.165, 1.54) is 206 Å². The van der Waals surface area contributed by atoms with Crippen molar-refractivity contribution in [2.75, 3.05) is 36.0 Å². The number of nitrogens with zero attached hydrogens (tertiary/aromatic N) is 2. The normalized spacial score (nSPS) is 15.1. The van der Waals surface area contributed by atoms with Crippen molar-refractivity contribution in [3.05, 3.63) is 216 Å². The standard InChI is InChI=1S/C72H56N2/c1-3-23-56-45(17-1)37-46-18-2-4-24-57(46)66(56)53-42-54(69-62-29-9-5-25-58(62)67(59-26-6-10-30-63(59)69)51-38-47-19-13-33-73-34-14-20-48(39-51)71(47)73)44-55(43-53)70-64-31-11-7-27-60(64)68(61-28-8-12-32-65(61)70)52-40-49-21-15-35-74-36-16-22-50(41-52)72(49)74/h1-12,17-18,23-32,37-44H,13-16,19-22,33-36H2. The number of hydrogen-bond acceptors (Lipinski definition) is 2. The van der Waals surface area contributed by atoms with Crippen molar-refractivity contribution in [1.29, 1.82) is 0 Å². The molecule has 354 valence electrons. The molecule has 16 rings (SSSR count). The van der Waals surface area contributed by atoms with Gasteiger partial charge in [-0.2, -0.15) is 0 Å². The lowest BCUT2D eigenvalue weighted by molar-refractivity contribution is 0.634. The Hall–Kier alpha value is -8.20. The number of fused-ring (bicyclic) bond motifs is 6. The molecule has 0 unspecified atom stereocenters. The van der Waals surface area contributed by atoms with Gasteiger partial charge in [0.15, 0.2) is 0 Å². The third kappa shape index (κ3) is 6.43. The van der Waals surface area contributed by atoms with Crippen LogP contribution in [0.15, 0.2) is 194 Å². The molecular formula is C72H56N2. The lowest BCUT2D eigenvalue weighted by Gasteiger charge is -2.37. The molecule has 2 heteroatoms. The second-order valence-electron chi connectivity index (χ2n) is 21.8. The van der Waals surface area contributed by atoms with Crippen LogP contribution in [0, 0.1) is 0 Å². The van der Waals surface area contributed by atoms with Gasteiger partial charge in [-0.15, -0.1) is 0 Å². The molecule has 0 bridgehead atoms. The van der Waals surface area contributed by atoms with E-state index in [0.29, 0.717) is 0 Å². The highest BCUT2D eigenvalue weighted by Gasteiger charge is 2.29. The van der Waals surface area contributed by atoms with Gasteiger partial charge in [-0.05, 0) is 242 Å². The van der Waals surface area contributed by atoms with Crippen molar-refractivity contribution < 1.29 is 0 Å². The molecule has 0 N–H and O–H groups in total. The third-order valence-corrected chi connectivity index (χ3v) is 17.7. The van der Waals surface area contributed by atoms with Crippen molar-refractivity contribution in [3.63, 3.8) is 0 Å². The van der Waals surface area contributed by atoms with Crippen LogP contribution >= 0.6 is 0 Å². The predicted octanol–water partition coefficient (Wildman–Crippen LogP) is 18.3. The zero-order valence-electron chi connectivity index (χ0n) is 41.9. The first-order chi connectivity index (χ1) is 36.7. The molecule has 0 fully saturated rings. The van der Waals surface area contributed by atoms with Crippen molar-refractivity contribution in [2.45, 2.75) is 51.4 Å². The molecule has 0 saturated heterocycles. The van der Waals surface area contributed by atoms with E-state index >= 15 is 0 Å². The van der Waals surface area contributed by atoms with Gasteiger partial charge < -0.3 is 9.80 Å². The predicted molar refractivity (Wildman–Crippen MR) is 316 cm³/mol. The van der Waals surface area contributed by atoms with Gasteiger partial charge in [-0.1, -0.05) is 146 Å². The molecule has 0 saturated carbocycles. The molecule has 0 aliphatic carbocycles. The maximum atomic E-state index is 2.67. The molecule has 4 aliphatic heterocycles. The van der Waals surface area contributed by atoms with Gasteiger partial charge in [-0.3, -0.25) is 0 Å². The van der Waals surface area contributed by atoms with Crippen LogP contribution in [-0.4, -0.2) is 26.2 Å². The van der Waals surface area contributed by atoms with E-state index in [9.17, 15) is 0 Å². The van der Waals surface area contributed by atoms with Gasteiger partial charge in [0, 0.05) is 37.6 Å². The first-order valence-corrected chi connectivity index (χ1v) is 27.5. The van der Waals surface area contributed by atoms with Gasteiger partial charge >= 0.3 is 0 Å². The molecule has 0 spiro atoms. The average Bonchev–Trinajstić information content (AvgIpc) is 3.47. The molecular weight excluding hydrogens is 893 g/mol. The molecule has 12 aromatic carbocycles. The number of benzene rings is 12. The molecule has 0 atom stereocenters. The Morgan fingerprint density at radius 3 is 0.743 bits per heavy atom. The SMILES string of the molecule is c1ccc2c(-c3cc(-c4c5ccccc5c(-c5cc6c7c(c5)CCCN7CCC6)c5ccccc45)cc(-c4c5ccccc5c(-c5cc6c7c(c5)CCCN7CCC6)c5ccccc45)c3)c3ccccc3cc2c1. The second kappa shape index (κ2) is 16.7. The quantitative estimate of drug-likeness (QED) is 0.159. The Morgan fingerprint density at radius 2 is 0.459 bits per heavy atom. The average molecular weight is 949 g/mol. The monoisotopic (exact) mass is 948 g/mol. The summed E-state index contributed by atoms with van der Waals surface area (Å²) in [5.74, 6) is 0. The Morgan fingerprint density at radius 1 is 0.230 bits per heavy atom. The number of rotatable bonds is 5. The smallest absolute Gasteiger partial charge is 0.0431 e. The summed E-state index contributed by atoms with van der Waals surface area (Å²) in [5, 5.41) is 15.5. The summed E-state index contributed by atoms with van der Waals surface area (Å²) in [6.45, 7) is 4.72. The van der Waals surface area contributed by atoms with Gasteiger partial charge in [0.1, 0.15) is 0 Å². The highest BCUT2D eigenvalue weighted by atomic mass is 15.1. The van der Waals surface area contributed by atoms with E-state index in [1.54, 1.807) is 0 Å². The van der Waals surface area contributed by atoms with Crippen molar-refractivity contribution in [1.82, 2.24) is 0 Å². The zero-order chi connectivity index (χ0) is 48.4. The molecule has 0 aromatic heterocycles. The summed E-state index contributed by atoms with van der Waals surface area (Å²) in [5.41, 5.74) is 22.2. The lowest BCUT2D eigenvalue weighted by Crippen LogP contribution is -2.34. The Labute approximate surface area is 433 Å². The largest absolute Gasteiger partial charge is 0.371 e. The van der Waals surface area contributed by atoms with Crippen LogP contribution in [0.3, 0.4) is 0 Å². The van der Waals surface area contributed by atoms with E-state index < -0.39 is 0 Å². The topological polar surface area (TPSA) is 6.48 Å². The minimum absolute atomic E-state index is 1.15. The summed E-state index contributed by atoms with van der Waals surface area (Å²) >= 11 is 0. The fourth-order valence-electron chi connectivity index (χ4n) is 14.8. The van der Waals surface area contributed by atoms with E-state index in [2.05, 4.69) is 204 Å². The second-order valence-corrected chi connectivity index (χ2v) is 21.8. The maximum absolute atomic E-state index is 2.67. The van der Waals surface area contributed by atoms with Crippen LogP contribution in [0.5, 0.6) is 0 Å². The molecule has 0 radical (unpaired) electrons. The minimum atomic E-state index is 1.15. The first kappa shape index (κ1) is 42.3. The number of aryl methyl sites for hydroxylation is 4. The summed E-state index contributed by atoms with van der Waals surface area (Å²) in [4.78, 5) is 5.34. The van der Waals surface area contributed by atoms with Gasteiger partial charge in [0.2, 0.25) is 0 Å². The molecule has 2 nitrogen and oxygen atoms in total. The Kier molecular flexibility index (Phi) is 9.53. The van der Waals surface area contributed by atoms with Crippen molar-refractivity contribution >= 4 is 76.0 Å². The van der Waals surface area contributed by atoms with Crippen LogP contribution in [0.2, 0.25) is 0 Å². The fraction of sp³-hybridized carbons (Fsp3) is 0.167. The van der Waals surface area contributed by atoms with E-state index in [-0.39, 0.29) is 0 Å². The number of hydrogen-bond donors (Lipinski definition) is 0. The van der Waals surface area contributed by atoms with Gasteiger partial charge in [0.25, 0.3) is 0 Å².